The maximum Gasteiger partial charge on any atom is 0.200 e. The highest BCUT2D eigenvalue weighted by Crippen LogP contribution is 2.36. The minimum absolute atomic E-state index is 0.280. The normalized spacial score (nSPS) is 20.7. The maximum absolute atomic E-state index is 5.01. The summed E-state index contributed by atoms with van der Waals surface area (Å²) in [6.07, 6.45) is 7.06. The number of rotatable bonds is 2. The van der Waals surface area contributed by atoms with Crippen LogP contribution in [0.25, 0.3) is 5.65 Å². The van der Waals surface area contributed by atoms with Crippen LogP contribution in [0.3, 0.4) is 0 Å². The molecule has 1 fully saturated rings. The van der Waals surface area contributed by atoms with Crippen LogP contribution in [0.15, 0.2) is 12.1 Å². The number of aryl methyl sites for hydroxylation is 1. The molecule has 0 unspecified atom stereocenters. The van der Waals surface area contributed by atoms with Gasteiger partial charge in [-0.05, 0) is 61.1 Å². The van der Waals surface area contributed by atoms with Crippen molar-refractivity contribution in [1.29, 1.82) is 0 Å². The number of aromatic nitrogens is 7. The third-order valence-corrected chi connectivity index (χ3v) is 5.31. The van der Waals surface area contributed by atoms with Gasteiger partial charge in [0, 0.05) is 19.3 Å². The Labute approximate surface area is 139 Å². The fraction of sp³-hybridized carbons (Fsp3) is 0.562. The molecule has 1 aliphatic heterocycles. The van der Waals surface area contributed by atoms with E-state index in [-0.39, 0.29) is 6.04 Å². The minimum Gasteiger partial charge on any atom is -0.345 e. The summed E-state index contributed by atoms with van der Waals surface area (Å²) in [7, 11) is 2.17. The maximum atomic E-state index is 5.01. The number of tetrazole rings is 1. The SMILES string of the molecule is Cn1c([C@@H]2CCCN2c2ccc3nnnn3n2)nc2c1CCCC2. The summed E-state index contributed by atoms with van der Waals surface area (Å²) >= 11 is 0. The second kappa shape index (κ2) is 5.25. The smallest absolute Gasteiger partial charge is 0.200 e. The Balaban J connectivity index is 1.54. The second-order valence-corrected chi connectivity index (χ2v) is 6.70. The minimum atomic E-state index is 0.280. The zero-order valence-corrected chi connectivity index (χ0v) is 13.8. The molecule has 3 aromatic heterocycles. The first-order valence-corrected chi connectivity index (χ1v) is 8.68. The van der Waals surface area contributed by atoms with E-state index in [0.717, 1.165) is 38.0 Å². The molecule has 2 aliphatic rings. The van der Waals surface area contributed by atoms with Crippen molar-refractivity contribution in [2.45, 2.75) is 44.6 Å². The highest BCUT2D eigenvalue weighted by atomic mass is 15.6. The van der Waals surface area contributed by atoms with Gasteiger partial charge in [-0.1, -0.05) is 0 Å². The molecule has 0 amide bonds. The lowest BCUT2D eigenvalue weighted by molar-refractivity contribution is 0.602. The molecule has 0 radical (unpaired) electrons. The average molecular weight is 324 g/mol. The molecule has 8 nitrogen and oxygen atoms in total. The van der Waals surface area contributed by atoms with Crippen molar-refractivity contribution in [2.75, 3.05) is 11.4 Å². The van der Waals surface area contributed by atoms with E-state index in [9.17, 15) is 0 Å². The Morgan fingerprint density at radius 3 is 2.96 bits per heavy atom. The summed E-state index contributed by atoms with van der Waals surface area (Å²) in [4.78, 5) is 7.35. The van der Waals surface area contributed by atoms with Crippen molar-refractivity contribution in [1.82, 2.24) is 34.8 Å². The first-order valence-electron chi connectivity index (χ1n) is 8.68. The fourth-order valence-corrected chi connectivity index (χ4v) is 4.11. The molecule has 4 heterocycles. The van der Waals surface area contributed by atoms with Crippen LogP contribution in [0, 0.1) is 0 Å². The molecule has 1 aliphatic carbocycles. The van der Waals surface area contributed by atoms with E-state index in [4.69, 9.17) is 4.98 Å². The molecule has 5 rings (SSSR count). The number of nitrogens with zero attached hydrogens (tertiary/aromatic N) is 8. The van der Waals surface area contributed by atoms with E-state index in [1.54, 1.807) is 0 Å². The van der Waals surface area contributed by atoms with Gasteiger partial charge in [0.15, 0.2) is 11.5 Å². The van der Waals surface area contributed by atoms with Gasteiger partial charge < -0.3 is 9.47 Å². The van der Waals surface area contributed by atoms with Gasteiger partial charge >= 0.3 is 0 Å². The van der Waals surface area contributed by atoms with Crippen LogP contribution in [0.1, 0.15) is 48.9 Å². The van der Waals surface area contributed by atoms with Crippen molar-refractivity contribution in [3.63, 3.8) is 0 Å². The predicted octanol–water partition coefficient (Wildman–Crippen LogP) is 1.47. The van der Waals surface area contributed by atoms with E-state index < -0.39 is 0 Å². The van der Waals surface area contributed by atoms with Gasteiger partial charge in [0.25, 0.3) is 0 Å². The Morgan fingerprint density at radius 2 is 2.04 bits per heavy atom. The van der Waals surface area contributed by atoms with Crippen LogP contribution >= 0.6 is 0 Å². The zero-order valence-electron chi connectivity index (χ0n) is 13.8. The molecule has 1 saturated heterocycles. The molecule has 0 aromatic carbocycles. The monoisotopic (exact) mass is 324 g/mol. The van der Waals surface area contributed by atoms with Gasteiger partial charge in [-0.15, -0.1) is 14.8 Å². The molecule has 1 atom stereocenters. The van der Waals surface area contributed by atoms with Crippen molar-refractivity contribution >= 4 is 11.5 Å². The van der Waals surface area contributed by atoms with Crippen LogP contribution in [0.2, 0.25) is 0 Å². The second-order valence-electron chi connectivity index (χ2n) is 6.70. The molecule has 24 heavy (non-hydrogen) atoms. The van der Waals surface area contributed by atoms with E-state index in [1.165, 1.54) is 34.7 Å². The first-order chi connectivity index (χ1) is 11.8. The molecule has 0 bridgehead atoms. The average Bonchev–Trinajstić information content (AvgIpc) is 3.32. The Kier molecular flexibility index (Phi) is 3.04. The van der Waals surface area contributed by atoms with E-state index in [2.05, 4.69) is 37.1 Å². The van der Waals surface area contributed by atoms with Crippen molar-refractivity contribution < 1.29 is 0 Å². The van der Waals surface area contributed by atoms with Crippen molar-refractivity contribution in [3.8, 4) is 0 Å². The molecule has 3 aromatic rings. The molecule has 124 valence electrons. The molecule has 0 N–H and O–H groups in total. The van der Waals surface area contributed by atoms with Crippen LogP contribution in [0.5, 0.6) is 0 Å². The van der Waals surface area contributed by atoms with Gasteiger partial charge in [0.1, 0.15) is 5.82 Å². The van der Waals surface area contributed by atoms with E-state index in [0.29, 0.717) is 5.65 Å². The van der Waals surface area contributed by atoms with Gasteiger partial charge in [-0.3, -0.25) is 0 Å². The molecule has 0 spiro atoms. The first kappa shape index (κ1) is 13.9. The standard InChI is InChI=1S/C16H20N8/c1-22-12-6-3-2-5-11(12)17-16(22)13-7-4-10-23(13)15-9-8-14-18-20-21-24(14)19-15/h8-9,13H,2-7,10H2,1H3/t13-/m0/s1. The summed E-state index contributed by atoms with van der Waals surface area (Å²) in [6.45, 7) is 0.989. The quantitative estimate of drug-likeness (QED) is 0.710. The van der Waals surface area contributed by atoms with Crippen LogP contribution in [-0.4, -0.2) is 41.4 Å². The van der Waals surface area contributed by atoms with Crippen molar-refractivity contribution in [3.05, 3.63) is 29.3 Å². The lowest BCUT2D eigenvalue weighted by atomic mass is 10.0. The van der Waals surface area contributed by atoms with Gasteiger partial charge in [-0.2, -0.15) is 0 Å². The lowest BCUT2D eigenvalue weighted by Gasteiger charge is -2.25. The molecular weight excluding hydrogens is 304 g/mol. The molecular formula is C16H20N8. The number of fused-ring (bicyclic) bond motifs is 2. The summed E-state index contributed by atoms with van der Waals surface area (Å²) in [5.74, 6) is 2.09. The predicted molar refractivity (Wildman–Crippen MR) is 87.7 cm³/mol. The van der Waals surface area contributed by atoms with Crippen molar-refractivity contribution in [2.24, 2.45) is 7.05 Å². The van der Waals surface area contributed by atoms with Gasteiger partial charge in [0.05, 0.1) is 11.7 Å². The van der Waals surface area contributed by atoms with Crippen LogP contribution < -0.4 is 4.90 Å². The Morgan fingerprint density at radius 1 is 1.12 bits per heavy atom. The van der Waals surface area contributed by atoms with Crippen LogP contribution in [0.4, 0.5) is 5.82 Å². The Hall–Kier alpha value is -2.51. The molecule has 0 saturated carbocycles. The summed E-state index contributed by atoms with van der Waals surface area (Å²) in [6, 6.07) is 4.20. The summed E-state index contributed by atoms with van der Waals surface area (Å²) in [5, 5.41) is 16.1. The number of imidazole rings is 1. The highest BCUT2D eigenvalue weighted by Gasteiger charge is 2.32. The fourth-order valence-electron chi connectivity index (χ4n) is 4.11. The summed E-state index contributed by atoms with van der Waals surface area (Å²) < 4.78 is 3.82. The van der Waals surface area contributed by atoms with Crippen LogP contribution in [-0.2, 0) is 19.9 Å². The lowest BCUT2D eigenvalue weighted by Crippen LogP contribution is -2.26. The Bertz CT molecular complexity index is 895. The van der Waals surface area contributed by atoms with E-state index in [1.807, 2.05) is 12.1 Å². The third kappa shape index (κ3) is 2.02. The van der Waals surface area contributed by atoms with E-state index >= 15 is 0 Å². The zero-order chi connectivity index (χ0) is 16.1. The number of hydrogen-bond donors (Lipinski definition) is 0. The van der Waals surface area contributed by atoms with Gasteiger partial charge in [-0.25, -0.2) is 4.98 Å². The largest absolute Gasteiger partial charge is 0.345 e. The molecule has 8 heteroatoms. The van der Waals surface area contributed by atoms with Gasteiger partial charge in [0.2, 0.25) is 0 Å². The number of anilines is 1. The third-order valence-electron chi connectivity index (χ3n) is 5.31. The summed E-state index contributed by atoms with van der Waals surface area (Å²) in [5.41, 5.74) is 3.39. The topological polar surface area (TPSA) is 77.0 Å². The number of hydrogen-bond acceptors (Lipinski definition) is 6. The highest BCUT2D eigenvalue weighted by molar-refractivity contribution is 5.46.